The molecule has 18 heavy (non-hydrogen) atoms. The molecule has 0 radical (unpaired) electrons. The molecule has 0 spiro atoms. The summed E-state index contributed by atoms with van der Waals surface area (Å²) in [5.74, 6) is -0.946. The molecule has 2 rings (SSSR count). The highest BCUT2D eigenvalue weighted by Crippen LogP contribution is 2.19. The first-order valence-electron chi connectivity index (χ1n) is 5.27. The van der Waals surface area contributed by atoms with Gasteiger partial charge in [0.2, 0.25) is 0 Å². The Bertz CT molecular complexity index is 557. The third-order valence-corrected chi connectivity index (χ3v) is 4.03. The van der Waals surface area contributed by atoms with E-state index in [4.69, 9.17) is 5.11 Å². The molecule has 4 nitrogen and oxygen atoms in total. The highest BCUT2D eigenvalue weighted by atomic mass is 79.9. The number of nitrogens with zero attached hydrogens (tertiary/aromatic N) is 1. The van der Waals surface area contributed by atoms with Crippen LogP contribution in [0.25, 0.3) is 0 Å². The lowest BCUT2D eigenvalue weighted by atomic mass is 10.2. The Hall–Kier alpha value is -1.24. The van der Waals surface area contributed by atoms with Gasteiger partial charge >= 0.3 is 5.97 Å². The molecule has 0 unspecified atom stereocenters. The van der Waals surface area contributed by atoms with Crippen molar-refractivity contribution in [3.05, 3.63) is 50.4 Å². The number of pyridine rings is 1. The number of thiophene rings is 1. The van der Waals surface area contributed by atoms with Crippen molar-refractivity contribution in [3.63, 3.8) is 0 Å². The second-order valence-corrected chi connectivity index (χ2v) is 5.55. The van der Waals surface area contributed by atoms with Gasteiger partial charge in [-0.25, -0.2) is 4.79 Å². The van der Waals surface area contributed by atoms with Crippen LogP contribution in [0.1, 0.15) is 20.9 Å². The van der Waals surface area contributed by atoms with Crippen molar-refractivity contribution in [2.75, 3.05) is 0 Å². The normalized spacial score (nSPS) is 10.5. The van der Waals surface area contributed by atoms with E-state index in [0.29, 0.717) is 18.8 Å². The second kappa shape index (κ2) is 6.08. The summed E-state index contributed by atoms with van der Waals surface area (Å²) >= 11 is 5.04. The third kappa shape index (κ3) is 3.38. The number of rotatable bonds is 5. The molecule has 0 aliphatic heterocycles. The summed E-state index contributed by atoms with van der Waals surface area (Å²) in [4.78, 5) is 16.3. The van der Waals surface area contributed by atoms with Gasteiger partial charge in [0, 0.05) is 34.0 Å². The van der Waals surface area contributed by atoms with Crippen molar-refractivity contribution in [1.82, 2.24) is 10.3 Å². The van der Waals surface area contributed by atoms with Crippen LogP contribution in [0, 0.1) is 0 Å². The Morgan fingerprint density at radius 1 is 1.50 bits per heavy atom. The van der Waals surface area contributed by atoms with Gasteiger partial charge in [-0.2, -0.15) is 0 Å². The average Bonchev–Trinajstić information content (AvgIpc) is 2.75. The number of carbonyl (C=O) groups is 1. The maximum Gasteiger partial charge on any atom is 0.337 e. The van der Waals surface area contributed by atoms with E-state index in [9.17, 15) is 4.79 Å². The number of nitrogens with one attached hydrogen (secondary N) is 1. The molecule has 2 heterocycles. The van der Waals surface area contributed by atoms with E-state index in [0.717, 1.165) is 4.47 Å². The van der Waals surface area contributed by atoms with Crippen LogP contribution in [-0.2, 0) is 13.1 Å². The average molecular weight is 327 g/mol. The van der Waals surface area contributed by atoms with Gasteiger partial charge in [-0.15, -0.1) is 11.3 Å². The largest absolute Gasteiger partial charge is 0.478 e. The van der Waals surface area contributed by atoms with Crippen LogP contribution in [0.3, 0.4) is 0 Å². The predicted molar refractivity (Wildman–Crippen MR) is 73.8 cm³/mol. The first kappa shape index (κ1) is 13.2. The number of aromatic nitrogens is 1. The van der Waals surface area contributed by atoms with Crippen molar-refractivity contribution in [3.8, 4) is 0 Å². The molecule has 0 aliphatic carbocycles. The molecule has 0 atom stereocenters. The van der Waals surface area contributed by atoms with Gasteiger partial charge in [0.05, 0.1) is 11.3 Å². The highest BCUT2D eigenvalue weighted by molar-refractivity contribution is 9.10. The molecule has 2 aromatic rings. The van der Waals surface area contributed by atoms with Crippen LogP contribution in [-0.4, -0.2) is 16.1 Å². The lowest BCUT2D eigenvalue weighted by molar-refractivity contribution is 0.0695. The van der Waals surface area contributed by atoms with Gasteiger partial charge in [-0.1, -0.05) is 0 Å². The molecule has 0 bridgehead atoms. The maximum absolute atomic E-state index is 11.0. The first-order valence-corrected chi connectivity index (χ1v) is 6.95. The summed E-state index contributed by atoms with van der Waals surface area (Å²) in [7, 11) is 0. The lowest BCUT2D eigenvalue weighted by Gasteiger charge is -2.05. The van der Waals surface area contributed by atoms with Crippen molar-refractivity contribution in [1.29, 1.82) is 0 Å². The Morgan fingerprint density at radius 2 is 2.33 bits per heavy atom. The Labute approximate surface area is 117 Å². The molecule has 0 aliphatic rings. The topological polar surface area (TPSA) is 62.2 Å². The van der Waals surface area contributed by atoms with Crippen molar-refractivity contribution in [2.45, 2.75) is 13.1 Å². The molecule has 0 fully saturated rings. The number of halogens is 1. The molecule has 2 N–H and O–H groups in total. The van der Waals surface area contributed by atoms with E-state index in [1.807, 2.05) is 11.4 Å². The maximum atomic E-state index is 11.0. The number of carboxylic acids is 1. The zero-order chi connectivity index (χ0) is 13.0. The summed E-state index contributed by atoms with van der Waals surface area (Å²) in [5.41, 5.74) is 0.804. The van der Waals surface area contributed by atoms with Gasteiger partial charge in [-0.05, 0) is 34.1 Å². The molecule has 94 valence electrons. The first-order chi connectivity index (χ1) is 8.66. The third-order valence-electron chi connectivity index (χ3n) is 2.33. The van der Waals surface area contributed by atoms with Crippen LogP contribution >= 0.6 is 27.3 Å². The van der Waals surface area contributed by atoms with Crippen LogP contribution in [0.2, 0.25) is 0 Å². The summed E-state index contributed by atoms with van der Waals surface area (Å²) in [5, 5.41) is 14.2. The summed E-state index contributed by atoms with van der Waals surface area (Å²) in [6, 6.07) is 5.23. The van der Waals surface area contributed by atoms with E-state index in [-0.39, 0.29) is 5.56 Å². The second-order valence-electron chi connectivity index (χ2n) is 3.64. The van der Waals surface area contributed by atoms with E-state index in [1.165, 1.54) is 4.88 Å². The minimum absolute atomic E-state index is 0.248. The Balaban J connectivity index is 1.96. The number of hydrogen-bond acceptors (Lipinski definition) is 4. The molecular formula is C12H11BrN2O2S. The quantitative estimate of drug-likeness (QED) is 0.886. The van der Waals surface area contributed by atoms with Gasteiger partial charge in [0.15, 0.2) is 0 Å². The van der Waals surface area contributed by atoms with Gasteiger partial charge in [0.25, 0.3) is 0 Å². The van der Waals surface area contributed by atoms with Crippen LogP contribution < -0.4 is 5.32 Å². The Morgan fingerprint density at radius 3 is 3.00 bits per heavy atom. The fourth-order valence-corrected chi connectivity index (χ4v) is 2.94. The minimum Gasteiger partial charge on any atom is -0.478 e. The highest BCUT2D eigenvalue weighted by Gasteiger charge is 2.09. The van der Waals surface area contributed by atoms with E-state index in [1.54, 1.807) is 29.7 Å². The molecule has 2 aromatic heterocycles. The molecule has 0 aromatic carbocycles. The van der Waals surface area contributed by atoms with Crippen LogP contribution in [0.5, 0.6) is 0 Å². The minimum atomic E-state index is -0.946. The van der Waals surface area contributed by atoms with Crippen molar-refractivity contribution >= 4 is 33.2 Å². The number of hydrogen-bond donors (Lipinski definition) is 2. The van der Waals surface area contributed by atoms with Crippen molar-refractivity contribution in [2.24, 2.45) is 0 Å². The Kier molecular flexibility index (Phi) is 4.46. The molecule has 6 heteroatoms. The summed E-state index contributed by atoms with van der Waals surface area (Å²) in [6.45, 7) is 1.14. The molecule has 0 amide bonds. The molecule has 0 saturated carbocycles. The number of aromatic carboxylic acids is 1. The fourth-order valence-electron chi connectivity index (χ4n) is 1.52. The van der Waals surface area contributed by atoms with E-state index >= 15 is 0 Å². The smallest absolute Gasteiger partial charge is 0.337 e. The zero-order valence-electron chi connectivity index (χ0n) is 9.39. The SMILES string of the molecule is O=C(O)c1cccnc1CNCc1cc(Br)cs1. The summed E-state index contributed by atoms with van der Waals surface area (Å²) < 4.78 is 1.06. The van der Waals surface area contributed by atoms with Crippen LogP contribution in [0.15, 0.2) is 34.2 Å². The van der Waals surface area contributed by atoms with Gasteiger partial charge < -0.3 is 10.4 Å². The molecule has 0 saturated heterocycles. The standard InChI is InChI=1S/C12H11BrN2O2S/c13-8-4-9(18-7-8)5-14-6-11-10(12(16)17)2-1-3-15-11/h1-4,7,14H,5-6H2,(H,16,17). The van der Waals surface area contributed by atoms with Crippen LogP contribution in [0.4, 0.5) is 0 Å². The zero-order valence-corrected chi connectivity index (χ0v) is 11.8. The number of carboxylic acid groups (broad SMARTS) is 1. The predicted octanol–water partition coefficient (Wildman–Crippen LogP) is 2.89. The van der Waals surface area contributed by atoms with Gasteiger partial charge in [-0.3, -0.25) is 4.98 Å². The monoisotopic (exact) mass is 326 g/mol. The van der Waals surface area contributed by atoms with E-state index < -0.39 is 5.97 Å². The van der Waals surface area contributed by atoms with Gasteiger partial charge in [0.1, 0.15) is 0 Å². The lowest BCUT2D eigenvalue weighted by Crippen LogP contribution is -2.16. The van der Waals surface area contributed by atoms with E-state index in [2.05, 4.69) is 26.2 Å². The van der Waals surface area contributed by atoms with Crippen molar-refractivity contribution < 1.29 is 9.90 Å². The fraction of sp³-hybridized carbons (Fsp3) is 0.167. The molecular weight excluding hydrogens is 316 g/mol. The summed E-state index contributed by atoms with van der Waals surface area (Å²) in [6.07, 6.45) is 1.60.